The van der Waals surface area contributed by atoms with Gasteiger partial charge in [-0.05, 0) is 19.8 Å². The van der Waals surface area contributed by atoms with Gasteiger partial charge in [0.15, 0.2) is 0 Å². The first-order valence-corrected chi connectivity index (χ1v) is 4.67. The predicted molar refractivity (Wildman–Crippen MR) is 46.3 cm³/mol. The third kappa shape index (κ3) is 1.58. The Hall–Kier alpha value is -0.900. The van der Waals surface area contributed by atoms with Gasteiger partial charge in [-0.2, -0.15) is 0 Å². The normalized spacial score (nSPS) is 19.8. The van der Waals surface area contributed by atoms with Gasteiger partial charge in [0.05, 0.1) is 0 Å². The van der Waals surface area contributed by atoms with Gasteiger partial charge in [0.25, 0.3) is 0 Å². The molecule has 4 heteroatoms. The van der Waals surface area contributed by atoms with Crippen molar-refractivity contribution in [3.63, 3.8) is 0 Å². The van der Waals surface area contributed by atoms with Crippen molar-refractivity contribution in [2.75, 3.05) is 7.11 Å². The molecule has 0 N–H and O–H groups in total. The van der Waals surface area contributed by atoms with E-state index in [1.54, 1.807) is 7.11 Å². The van der Waals surface area contributed by atoms with Crippen LogP contribution < -0.4 is 0 Å². The summed E-state index contributed by atoms with van der Waals surface area (Å²) >= 11 is 0. The van der Waals surface area contributed by atoms with Gasteiger partial charge in [0, 0.05) is 13.0 Å². The van der Waals surface area contributed by atoms with Gasteiger partial charge in [0.2, 0.25) is 11.8 Å². The Morgan fingerprint density at radius 2 is 2.23 bits per heavy atom. The van der Waals surface area contributed by atoms with E-state index in [1.165, 1.54) is 19.3 Å². The van der Waals surface area contributed by atoms with Crippen molar-refractivity contribution in [1.82, 2.24) is 10.2 Å². The van der Waals surface area contributed by atoms with Crippen LogP contribution in [0.25, 0.3) is 0 Å². The average Bonchev–Trinajstić information content (AvgIpc) is 2.49. The molecule has 1 heterocycles. The Morgan fingerprint density at radius 1 is 1.46 bits per heavy atom. The van der Waals surface area contributed by atoms with E-state index in [1.807, 2.05) is 6.92 Å². The zero-order valence-corrected chi connectivity index (χ0v) is 7.99. The molecule has 1 aliphatic rings. The van der Waals surface area contributed by atoms with Gasteiger partial charge in [0.1, 0.15) is 6.10 Å². The van der Waals surface area contributed by atoms with Crippen LogP contribution in [-0.2, 0) is 4.74 Å². The summed E-state index contributed by atoms with van der Waals surface area (Å²) in [6, 6.07) is 0. The molecule has 72 valence electrons. The molecule has 1 unspecified atom stereocenters. The third-order valence-electron chi connectivity index (χ3n) is 2.61. The van der Waals surface area contributed by atoms with Crippen molar-refractivity contribution in [2.45, 2.75) is 38.2 Å². The van der Waals surface area contributed by atoms with Crippen molar-refractivity contribution in [2.24, 2.45) is 0 Å². The van der Waals surface area contributed by atoms with Crippen molar-refractivity contribution < 1.29 is 9.15 Å². The maximum atomic E-state index is 5.49. The molecule has 1 saturated carbocycles. The number of hydrogen-bond donors (Lipinski definition) is 0. The molecule has 1 atom stereocenters. The third-order valence-corrected chi connectivity index (χ3v) is 2.61. The van der Waals surface area contributed by atoms with Gasteiger partial charge in [-0.3, -0.25) is 0 Å². The quantitative estimate of drug-likeness (QED) is 0.717. The lowest BCUT2D eigenvalue weighted by molar-refractivity contribution is 0.0923. The maximum absolute atomic E-state index is 5.49. The lowest BCUT2D eigenvalue weighted by Crippen LogP contribution is -2.08. The Kier molecular flexibility index (Phi) is 2.31. The highest BCUT2D eigenvalue weighted by atomic mass is 16.5. The standard InChI is InChI=1S/C9H14N2O2/c1-6(12-2)8-10-11-9(13-8)7-4-3-5-7/h6-7H,3-5H2,1-2H3. The summed E-state index contributed by atoms with van der Waals surface area (Å²) in [5.41, 5.74) is 0. The molecular formula is C9H14N2O2. The SMILES string of the molecule is COC(C)c1nnc(C2CCC2)o1. The van der Waals surface area contributed by atoms with E-state index in [4.69, 9.17) is 9.15 Å². The lowest BCUT2D eigenvalue weighted by atomic mass is 9.85. The van der Waals surface area contributed by atoms with Crippen LogP contribution in [0.2, 0.25) is 0 Å². The van der Waals surface area contributed by atoms with Gasteiger partial charge in [-0.1, -0.05) is 6.42 Å². The van der Waals surface area contributed by atoms with Crippen LogP contribution in [0, 0.1) is 0 Å². The molecule has 1 aromatic heterocycles. The molecule has 4 nitrogen and oxygen atoms in total. The minimum absolute atomic E-state index is 0.0960. The molecule has 1 fully saturated rings. The van der Waals surface area contributed by atoms with E-state index in [-0.39, 0.29) is 6.10 Å². The molecule has 0 saturated heterocycles. The smallest absolute Gasteiger partial charge is 0.244 e. The van der Waals surface area contributed by atoms with Crippen molar-refractivity contribution in [3.8, 4) is 0 Å². The zero-order valence-electron chi connectivity index (χ0n) is 7.99. The van der Waals surface area contributed by atoms with Gasteiger partial charge >= 0.3 is 0 Å². The molecule has 0 radical (unpaired) electrons. The van der Waals surface area contributed by atoms with Crippen LogP contribution in [0.4, 0.5) is 0 Å². The molecule has 1 aromatic rings. The molecule has 1 aliphatic carbocycles. The zero-order chi connectivity index (χ0) is 9.26. The fourth-order valence-electron chi connectivity index (χ4n) is 1.33. The number of methoxy groups -OCH3 is 1. The second-order valence-electron chi connectivity index (χ2n) is 3.48. The second-order valence-corrected chi connectivity index (χ2v) is 3.48. The fourth-order valence-corrected chi connectivity index (χ4v) is 1.33. The van der Waals surface area contributed by atoms with Crippen molar-refractivity contribution >= 4 is 0 Å². The van der Waals surface area contributed by atoms with E-state index in [0.717, 1.165) is 5.89 Å². The molecule has 0 aromatic carbocycles. The first-order valence-electron chi connectivity index (χ1n) is 4.67. The minimum Gasteiger partial charge on any atom is -0.422 e. The molecule has 0 amide bonds. The van der Waals surface area contributed by atoms with E-state index in [0.29, 0.717) is 11.8 Å². The second kappa shape index (κ2) is 3.46. The number of rotatable bonds is 3. The summed E-state index contributed by atoms with van der Waals surface area (Å²) in [7, 11) is 1.64. The topological polar surface area (TPSA) is 48.2 Å². The van der Waals surface area contributed by atoms with E-state index in [9.17, 15) is 0 Å². The van der Waals surface area contributed by atoms with Gasteiger partial charge in [-0.25, -0.2) is 0 Å². The summed E-state index contributed by atoms with van der Waals surface area (Å²) < 4.78 is 10.6. The Morgan fingerprint density at radius 3 is 2.77 bits per heavy atom. The van der Waals surface area contributed by atoms with E-state index in [2.05, 4.69) is 10.2 Å². The first-order chi connectivity index (χ1) is 6.31. The van der Waals surface area contributed by atoms with Crippen LogP contribution >= 0.6 is 0 Å². The van der Waals surface area contributed by atoms with E-state index >= 15 is 0 Å². The molecule has 0 aliphatic heterocycles. The predicted octanol–water partition coefficient (Wildman–Crippen LogP) is 2.04. The van der Waals surface area contributed by atoms with Crippen LogP contribution in [0.1, 0.15) is 50.0 Å². The number of ether oxygens (including phenoxy) is 1. The Balaban J connectivity index is 2.08. The van der Waals surface area contributed by atoms with Gasteiger partial charge in [-0.15, -0.1) is 10.2 Å². The van der Waals surface area contributed by atoms with Gasteiger partial charge < -0.3 is 9.15 Å². The number of hydrogen-bond acceptors (Lipinski definition) is 4. The molecule has 2 rings (SSSR count). The highest BCUT2D eigenvalue weighted by molar-refractivity contribution is 4.97. The summed E-state index contributed by atoms with van der Waals surface area (Å²) in [5, 5.41) is 7.96. The fraction of sp³-hybridized carbons (Fsp3) is 0.778. The summed E-state index contributed by atoms with van der Waals surface area (Å²) in [6.45, 7) is 1.90. The molecular weight excluding hydrogens is 168 g/mol. The lowest BCUT2D eigenvalue weighted by Gasteiger charge is -2.20. The highest BCUT2D eigenvalue weighted by Gasteiger charge is 2.26. The monoisotopic (exact) mass is 182 g/mol. The van der Waals surface area contributed by atoms with Crippen LogP contribution in [0.5, 0.6) is 0 Å². The van der Waals surface area contributed by atoms with Crippen LogP contribution in [0.15, 0.2) is 4.42 Å². The minimum atomic E-state index is -0.0960. The Bertz CT molecular complexity index is 262. The molecule has 13 heavy (non-hydrogen) atoms. The largest absolute Gasteiger partial charge is 0.422 e. The van der Waals surface area contributed by atoms with Crippen LogP contribution in [0.3, 0.4) is 0 Å². The number of nitrogens with zero attached hydrogens (tertiary/aromatic N) is 2. The van der Waals surface area contributed by atoms with Crippen molar-refractivity contribution in [3.05, 3.63) is 11.8 Å². The Labute approximate surface area is 77.3 Å². The summed E-state index contributed by atoms with van der Waals surface area (Å²) in [4.78, 5) is 0. The van der Waals surface area contributed by atoms with E-state index < -0.39 is 0 Å². The van der Waals surface area contributed by atoms with Crippen LogP contribution in [-0.4, -0.2) is 17.3 Å². The first kappa shape index (κ1) is 8.69. The van der Waals surface area contributed by atoms with Crippen molar-refractivity contribution in [1.29, 1.82) is 0 Å². The highest BCUT2D eigenvalue weighted by Crippen LogP contribution is 2.35. The summed E-state index contributed by atoms with van der Waals surface area (Å²) in [6.07, 6.45) is 3.55. The maximum Gasteiger partial charge on any atom is 0.244 e. The summed E-state index contributed by atoms with van der Waals surface area (Å²) in [5.74, 6) is 1.87. The average molecular weight is 182 g/mol. The number of aromatic nitrogens is 2. The molecule has 0 spiro atoms. The molecule has 0 bridgehead atoms.